The van der Waals surface area contributed by atoms with Crippen molar-refractivity contribution in [2.24, 2.45) is 0 Å². The van der Waals surface area contributed by atoms with Crippen molar-refractivity contribution in [1.82, 2.24) is 15.5 Å². The molecule has 0 radical (unpaired) electrons. The molecule has 4 heteroatoms. The van der Waals surface area contributed by atoms with Crippen LogP contribution < -0.4 is 15.4 Å². The predicted octanol–water partition coefficient (Wildman–Crippen LogP) is 1.21. The molecule has 1 aromatic rings. The van der Waals surface area contributed by atoms with Crippen molar-refractivity contribution in [3.63, 3.8) is 0 Å². The topological polar surface area (TPSA) is 36.5 Å². The Morgan fingerprint density at radius 1 is 1.28 bits per heavy atom. The third kappa shape index (κ3) is 3.22. The van der Waals surface area contributed by atoms with Gasteiger partial charge in [-0.2, -0.15) is 0 Å². The van der Waals surface area contributed by atoms with Crippen molar-refractivity contribution in [2.45, 2.75) is 13.1 Å². The van der Waals surface area contributed by atoms with Crippen molar-refractivity contribution in [1.29, 1.82) is 0 Å². The lowest BCUT2D eigenvalue weighted by Crippen LogP contribution is -2.48. The molecule has 1 heterocycles. The number of hydrogen-bond acceptors (Lipinski definition) is 4. The fraction of sp³-hybridized carbons (Fsp3) is 0.571. The van der Waals surface area contributed by atoms with E-state index in [0.29, 0.717) is 12.8 Å². The maximum atomic E-state index is 5.48. The van der Waals surface area contributed by atoms with Gasteiger partial charge in [0.15, 0.2) is 0 Å². The summed E-state index contributed by atoms with van der Waals surface area (Å²) in [7, 11) is 2.02. The van der Waals surface area contributed by atoms with Gasteiger partial charge >= 0.3 is 0 Å². The minimum absolute atomic E-state index is 0.294. The van der Waals surface area contributed by atoms with E-state index in [0.717, 1.165) is 31.9 Å². The maximum absolute atomic E-state index is 5.48. The van der Waals surface area contributed by atoms with Crippen LogP contribution in [0, 0.1) is 0 Å². The molecule has 0 aromatic heterocycles. The highest BCUT2D eigenvalue weighted by atomic mass is 16.5. The van der Waals surface area contributed by atoms with Crippen LogP contribution >= 0.6 is 0 Å². The Morgan fingerprint density at radius 3 is 2.50 bits per heavy atom. The summed E-state index contributed by atoms with van der Waals surface area (Å²) in [6, 6.07) is 8.39. The number of ether oxygens (including phenoxy) is 1. The SMILES string of the molecule is CCOc1ccc(C(NC)N2CCNCC2)cc1. The predicted molar refractivity (Wildman–Crippen MR) is 73.9 cm³/mol. The third-order valence-electron chi connectivity index (χ3n) is 3.30. The molecular formula is C14H23N3O. The maximum Gasteiger partial charge on any atom is 0.119 e. The van der Waals surface area contributed by atoms with Gasteiger partial charge in [0.25, 0.3) is 0 Å². The first-order valence-corrected chi connectivity index (χ1v) is 6.70. The Balaban J connectivity index is 2.06. The number of piperazine rings is 1. The Labute approximate surface area is 109 Å². The van der Waals surface area contributed by atoms with Crippen LogP contribution in [0.25, 0.3) is 0 Å². The van der Waals surface area contributed by atoms with Gasteiger partial charge in [0.2, 0.25) is 0 Å². The Morgan fingerprint density at radius 2 is 1.94 bits per heavy atom. The number of nitrogens with zero attached hydrogens (tertiary/aromatic N) is 1. The van der Waals surface area contributed by atoms with E-state index in [1.54, 1.807) is 0 Å². The van der Waals surface area contributed by atoms with Gasteiger partial charge in [-0.25, -0.2) is 0 Å². The highest BCUT2D eigenvalue weighted by Crippen LogP contribution is 2.21. The molecule has 1 unspecified atom stereocenters. The highest BCUT2D eigenvalue weighted by Gasteiger charge is 2.20. The van der Waals surface area contributed by atoms with Crippen molar-refractivity contribution in [3.8, 4) is 5.75 Å². The van der Waals surface area contributed by atoms with Gasteiger partial charge in [-0.1, -0.05) is 12.1 Å². The molecule has 100 valence electrons. The molecular weight excluding hydrogens is 226 g/mol. The van der Waals surface area contributed by atoms with Crippen LogP contribution in [0.3, 0.4) is 0 Å². The smallest absolute Gasteiger partial charge is 0.119 e. The van der Waals surface area contributed by atoms with Gasteiger partial charge in [0, 0.05) is 26.2 Å². The molecule has 4 nitrogen and oxygen atoms in total. The first-order valence-electron chi connectivity index (χ1n) is 6.70. The van der Waals surface area contributed by atoms with E-state index in [1.165, 1.54) is 5.56 Å². The molecule has 2 rings (SSSR count). The molecule has 2 N–H and O–H groups in total. The molecule has 0 aliphatic carbocycles. The lowest BCUT2D eigenvalue weighted by Gasteiger charge is -2.35. The van der Waals surface area contributed by atoms with Gasteiger partial charge in [-0.05, 0) is 31.7 Å². The van der Waals surface area contributed by atoms with Gasteiger partial charge in [0.1, 0.15) is 5.75 Å². The summed E-state index contributed by atoms with van der Waals surface area (Å²) >= 11 is 0. The summed E-state index contributed by atoms with van der Waals surface area (Å²) in [4.78, 5) is 2.46. The van der Waals surface area contributed by atoms with Crippen LogP contribution in [0.15, 0.2) is 24.3 Å². The fourth-order valence-electron chi connectivity index (χ4n) is 2.41. The van der Waals surface area contributed by atoms with E-state index in [1.807, 2.05) is 26.1 Å². The van der Waals surface area contributed by atoms with E-state index in [9.17, 15) is 0 Å². The first kappa shape index (κ1) is 13.3. The van der Waals surface area contributed by atoms with Crippen LogP contribution in [0.1, 0.15) is 18.7 Å². The van der Waals surface area contributed by atoms with E-state index in [-0.39, 0.29) is 0 Å². The second-order valence-electron chi connectivity index (χ2n) is 4.48. The largest absolute Gasteiger partial charge is 0.494 e. The van der Waals surface area contributed by atoms with Crippen LogP contribution in [0.5, 0.6) is 5.75 Å². The van der Waals surface area contributed by atoms with Crippen molar-refractivity contribution in [2.75, 3.05) is 39.8 Å². The summed E-state index contributed by atoms with van der Waals surface area (Å²) in [5, 5.41) is 6.78. The number of benzene rings is 1. The number of rotatable bonds is 5. The second kappa shape index (κ2) is 6.73. The standard InChI is InChI=1S/C14H23N3O/c1-3-18-13-6-4-12(5-7-13)14(15-2)17-10-8-16-9-11-17/h4-7,14-16H,3,8-11H2,1-2H3. The molecule has 1 fully saturated rings. The zero-order valence-electron chi connectivity index (χ0n) is 11.3. The van der Waals surface area contributed by atoms with Crippen LogP contribution in [0.4, 0.5) is 0 Å². The van der Waals surface area contributed by atoms with Gasteiger partial charge in [0.05, 0.1) is 12.8 Å². The van der Waals surface area contributed by atoms with Crippen molar-refractivity contribution in [3.05, 3.63) is 29.8 Å². The van der Waals surface area contributed by atoms with E-state index in [4.69, 9.17) is 4.74 Å². The Hall–Kier alpha value is -1.10. The van der Waals surface area contributed by atoms with Gasteiger partial charge in [-0.15, -0.1) is 0 Å². The number of hydrogen-bond donors (Lipinski definition) is 2. The van der Waals surface area contributed by atoms with Crippen LogP contribution in [-0.4, -0.2) is 44.7 Å². The Kier molecular flexibility index (Phi) is 4.99. The average Bonchev–Trinajstić information content (AvgIpc) is 2.43. The minimum atomic E-state index is 0.294. The minimum Gasteiger partial charge on any atom is -0.494 e. The quantitative estimate of drug-likeness (QED) is 0.822. The molecule has 1 aromatic carbocycles. The molecule has 0 spiro atoms. The van der Waals surface area contributed by atoms with E-state index in [2.05, 4.69) is 27.7 Å². The molecule has 1 aliphatic rings. The van der Waals surface area contributed by atoms with Gasteiger partial charge in [-0.3, -0.25) is 4.90 Å². The summed E-state index contributed by atoms with van der Waals surface area (Å²) < 4.78 is 5.48. The lowest BCUT2D eigenvalue weighted by molar-refractivity contribution is 0.153. The molecule has 1 saturated heterocycles. The molecule has 0 bridgehead atoms. The summed E-state index contributed by atoms with van der Waals surface area (Å²) in [6.45, 7) is 7.01. The third-order valence-corrected chi connectivity index (χ3v) is 3.30. The molecule has 1 aliphatic heterocycles. The van der Waals surface area contributed by atoms with E-state index < -0.39 is 0 Å². The normalized spacial score (nSPS) is 18.6. The molecule has 0 amide bonds. The van der Waals surface area contributed by atoms with Crippen LogP contribution in [-0.2, 0) is 0 Å². The summed E-state index contributed by atoms with van der Waals surface area (Å²) in [6.07, 6.45) is 0.294. The molecule has 1 atom stereocenters. The number of nitrogens with one attached hydrogen (secondary N) is 2. The monoisotopic (exact) mass is 249 g/mol. The molecule has 0 saturated carbocycles. The Bertz CT molecular complexity index is 347. The lowest BCUT2D eigenvalue weighted by atomic mass is 10.1. The molecule has 18 heavy (non-hydrogen) atoms. The van der Waals surface area contributed by atoms with E-state index >= 15 is 0 Å². The average molecular weight is 249 g/mol. The van der Waals surface area contributed by atoms with Crippen LogP contribution in [0.2, 0.25) is 0 Å². The highest BCUT2D eigenvalue weighted by molar-refractivity contribution is 5.29. The van der Waals surface area contributed by atoms with Gasteiger partial charge < -0.3 is 15.4 Å². The first-order chi connectivity index (χ1) is 8.85. The fourth-order valence-corrected chi connectivity index (χ4v) is 2.41. The zero-order valence-corrected chi connectivity index (χ0v) is 11.3. The van der Waals surface area contributed by atoms with Crippen molar-refractivity contribution >= 4 is 0 Å². The second-order valence-corrected chi connectivity index (χ2v) is 4.48. The zero-order chi connectivity index (χ0) is 12.8. The van der Waals surface area contributed by atoms with Crippen molar-refractivity contribution < 1.29 is 4.74 Å². The summed E-state index contributed by atoms with van der Waals surface area (Å²) in [5.74, 6) is 0.941. The summed E-state index contributed by atoms with van der Waals surface area (Å²) in [5.41, 5.74) is 1.29.